The number of hydrogen-bond donors (Lipinski definition) is 2. The Morgan fingerprint density at radius 2 is 1.94 bits per heavy atom. The molecule has 5 heteroatoms. The predicted octanol–water partition coefficient (Wildman–Crippen LogP) is 5.10. The lowest BCUT2D eigenvalue weighted by atomic mass is 9.93. The van der Waals surface area contributed by atoms with Crippen LogP contribution in [-0.4, -0.2) is 24.6 Å². The number of nitrogens with one attached hydrogen (secondary N) is 1. The van der Waals surface area contributed by atoms with E-state index in [0.29, 0.717) is 17.3 Å². The van der Waals surface area contributed by atoms with Crippen LogP contribution in [-0.2, 0) is 6.42 Å². The number of halogens is 1. The number of nitrogens with two attached hydrogens (primary N) is 1. The SMILES string of the molecule is C=C1NCCc2cc(-c3cc(-c4ccc(N5CC[C@H](C)C5)cc4F)cnc3N)ccc21. The fraction of sp³-hybridized carbons (Fsp3) is 0.269. The highest BCUT2D eigenvalue weighted by atomic mass is 19.1. The van der Waals surface area contributed by atoms with Gasteiger partial charge in [0.1, 0.15) is 11.6 Å². The predicted molar refractivity (Wildman–Crippen MR) is 126 cm³/mol. The summed E-state index contributed by atoms with van der Waals surface area (Å²) >= 11 is 0. The molecule has 3 aromatic rings. The fourth-order valence-electron chi connectivity index (χ4n) is 4.66. The second-order valence-corrected chi connectivity index (χ2v) is 8.69. The van der Waals surface area contributed by atoms with Gasteiger partial charge in [0.15, 0.2) is 0 Å². The summed E-state index contributed by atoms with van der Waals surface area (Å²) < 4.78 is 15.1. The largest absolute Gasteiger partial charge is 0.385 e. The molecule has 1 fully saturated rings. The van der Waals surface area contributed by atoms with Crippen LogP contribution >= 0.6 is 0 Å². The van der Waals surface area contributed by atoms with Crippen molar-refractivity contribution in [1.82, 2.24) is 10.3 Å². The van der Waals surface area contributed by atoms with Crippen LogP contribution in [0.5, 0.6) is 0 Å². The van der Waals surface area contributed by atoms with E-state index >= 15 is 4.39 Å². The van der Waals surface area contributed by atoms with E-state index in [1.807, 2.05) is 24.3 Å². The second kappa shape index (κ2) is 7.73. The number of fused-ring (bicyclic) bond motifs is 1. The standard InChI is InChI=1S/C26H27FN4/c1-16-8-10-31(15-16)21-4-6-23(25(27)13-21)20-12-24(26(28)30-14-20)18-3-5-22-17(2)29-9-7-19(22)11-18/h3-6,11-14,16,29H,2,7-10,15H2,1H3,(H2,28,30)/t16-/m0/s1. The number of pyridine rings is 1. The molecular formula is C26H27FN4. The monoisotopic (exact) mass is 414 g/mol. The Hall–Kier alpha value is -3.34. The van der Waals surface area contributed by atoms with Gasteiger partial charge in [0.2, 0.25) is 0 Å². The molecule has 0 bridgehead atoms. The Bertz CT molecular complexity index is 1170. The molecule has 3 heterocycles. The number of nitrogens with zero attached hydrogens (tertiary/aromatic N) is 2. The molecule has 1 saturated heterocycles. The van der Waals surface area contributed by atoms with E-state index in [4.69, 9.17) is 5.73 Å². The van der Waals surface area contributed by atoms with Gasteiger partial charge < -0.3 is 16.0 Å². The summed E-state index contributed by atoms with van der Waals surface area (Å²) in [7, 11) is 0. The summed E-state index contributed by atoms with van der Waals surface area (Å²) in [6.45, 7) is 9.15. The molecule has 31 heavy (non-hydrogen) atoms. The van der Waals surface area contributed by atoms with Crippen molar-refractivity contribution in [3.63, 3.8) is 0 Å². The van der Waals surface area contributed by atoms with E-state index < -0.39 is 0 Å². The second-order valence-electron chi connectivity index (χ2n) is 8.69. The van der Waals surface area contributed by atoms with Gasteiger partial charge in [0, 0.05) is 59.5 Å². The molecule has 0 radical (unpaired) electrons. The molecule has 2 aliphatic heterocycles. The Labute approximate surface area is 182 Å². The third-order valence-corrected chi connectivity index (χ3v) is 6.45. The summed E-state index contributed by atoms with van der Waals surface area (Å²) in [5.74, 6) is 0.859. The molecule has 0 aliphatic carbocycles. The molecule has 0 saturated carbocycles. The van der Waals surface area contributed by atoms with Crippen molar-refractivity contribution in [3.05, 3.63) is 72.2 Å². The Morgan fingerprint density at radius 3 is 2.71 bits per heavy atom. The summed E-state index contributed by atoms with van der Waals surface area (Å²) in [5, 5.41) is 3.30. The molecular weight excluding hydrogens is 387 g/mol. The molecule has 1 aromatic heterocycles. The van der Waals surface area contributed by atoms with Gasteiger partial charge in [0.25, 0.3) is 0 Å². The lowest BCUT2D eigenvalue weighted by Gasteiger charge is -2.21. The van der Waals surface area contributed by atoms with E-state index in [0.717, 1.165) is 66.1 Å². The van der Waals surface area contributed by atoms with Crippen molar-refractivity contribution in [3.8, 4) is 22.3 Å². The molecule has 2 aliphatic rings. The smallest absolute Gasteiger partial charge is 0.133 e. The average Bonchev–Trinajstić information content (AvgIpc) is 3.20. The number of hydrogen-bond acceptors (Lipinski definition) is 4. The zero-order valence-corrected chi connectivity index (χ0v) is 17.8. The molecule has 1 atom stereocenters. The van der Waals surface area contributed by atoms with Crippen LogP contribution in [0.15, 0.2) is 55.2 Å². The average molecular weight is 415 g/mol. The van der Waals surface area contributed by atoms with Crippen LogP contribution in [0.3, 0.4) is 0 Å². The van der Waals surface area contributed by atoms with Gasteiger partial charge in [-0.3, -0.25) is 0 Å². The fourth-order valence-corrected chi connectivity index (χ4v) is 4.66. The highest BCUT2D eigenvalue weighted by molar-refractivity contribution is 5.81. The summed E-state index contributed by atoms with van der Waals surface area (Å²) in [6.07, 6.45) is 3.73. The maximum absolute atomic E-state index is 15.1. The summed E-state index contributed by atoms with van der Waals surface area (Å²) in [5.41, 5.74) is 13.6. The molecule has 0 unspecified atom stereocenters. The minimum Gasteiger partial charge on any atom is -0.385 e. The number of nitrogen functional groups attached to an aromatic ring is 1. The molecule has 158 valence electrons. The van der Waals surface area contributed by atoms with E-state index in [-0.39, 0.29) is 5.82 Å². The van der Waals surface area contributed by atoms with E-state index in [1.165, 1.54) is 5.56 Å². The first kappa shape index (κ1) is 19.6. The normalized spacial score (nSPS) is 18.1. The van der Waals surface area contributed by atoms with Crippen molar-refractivity contribution < 1.29 is 4.39 Å². The molecule has 5 rings (SSSR count). The van der Waals surface area contributed by atoms with Crippen LogP contribution < -0.4 is 16.0 Å². The third kappa shape index (κ3) is 3.65. The highest BCUT2D eigenvalue weighted by Gasteiger charge is 2.20. The minimum atomic E-state index is -0.234. The zero-order valence-electron chi connectivity index (χ0n) is 17.8. The Morgan fingerprint density at radius 1 is 1.10 bits per heavy atom. The number of anilines is 2. The summed E-state index contributed by atoms with van der Waals surface area (Å²) in [6, 6.07) is 13.7. The van der Waals surface area contributed by atoms with Gasteiger partial charge in [-0.25, -0.2) is 9.37 Å². The molecule has 3 N–H and O–H groups in total. The first-order valence-electron chi connectivity index (χ1n) is 10.9. The van der Waals surface area contributed by atoms with Crippen molar-refractivity contribution in [2.45, 2.75) is 19.8 Å². The van der Waals surface area contributed by atoms with Crippen molar-refractivity contribution in [2.24, 2.45) is 5.92 Å². The summed E-state index contributed by atoms with van der Waals surface area (Å²) in [4.78, 5) is 6.63. The van der Waals surface area contributed by atoms with Crippen molar-refractivity contribution in [2.75, 3.05) is 30.3 Å². The van der Waals surface area contributed by atoms with Crippen LogP contribution in [0, 0.1) is 11.7 Å². The maximum Gasteiger partial charge on any atom is 0.133 e. The van der Waals surface area contributed by atoms with Gasteiger partial charge in [0.05, 0.1) is 0 Å². The van der Waals surface area contributed by atoms with E-state index in [1.54, 1.807) is 12.3 Å². The topological polar surface area (TPSA) is 54.2 Å². The van der Waals surface area contributed by atoms with Crippen LogP contribution in [0.1, 0.15) is 24.5 Å². The molecule has 0 spiro atoms. The molecule has 4 nitrogen and oxygen atoms in total. The van der Waals surface area contributed by atoms with E-state index in [9.17, 15) is 0 Å². The minimum absolute atomic E-state index is 0.234. The van der Waals surface area contributed by atoms with Crippen LogP contribution in [0.4, 0.5) is 15.9 Å². The van der Waals surface area contributed by atoms with Crippen LogP contribution in [0.2, 0.25) is 0 Å². The quantitative estimate of drug-likeness (QED) is 0.626. The zero-order chi connectivity index (χ0) is 21.5. The van der Waals surface area contributed by atoms with Gasteiger partial charge >= 0.3 is 0 Å². The van der Waals surface area contributed by atoms with Crippen LogP contribution in [0.25, 0.3) is 28.0 Å². The molecule has 2 aromatic carbocycles. The van der Waals surface area contributed by atoms with Gasteiger partial charge in [-0.15, -0.1) is 0 Å². The first-order valence-corrected chi connectivity index (χ1v) is 10.9. The lowest BCUT2D eigenvalue weighted by Crippen LogP contribution is -2.21. The number of rotatable bonds is 3. The van der Waals surface area contributed by atoms with Gasteiger partial charge in [-0.05, 0) is 54.2 Å². The Kier molecular flexibility index (Phi) is 4.89. The van der Waals surface area contributed by atoms with Crippen molar-refractivity contribution in [1.29, 1.82) is 0 Å². The van der Waals surface area contributed by atoms with Crippen molar-refractivity contribution >= 4 is 17.2 Å². The number of aromatic nitrogens is 1. The lowest BCUT2D eigenvalue weighted by molar-refractivity contribution is 0.630. The third-order valence-electron chi connectivity index (χ3n) is 6.45. The van der Waals surface area contributed by atoms with Gasteiger partial charge in [-0.1, -0.05) is 31.7 Å². The number of benzene rings is 2. The first-order chi connectivity index (χ1) is 15.0. The molecule has 0 amide bonds. The van der Waals surface area contributed by atoms with Gasteiger partial charge in [-0.2, -0.15) is 0 Å². The Balaban J connectivity index is 1.50. The highest BCUT2D eigenvalue weighted by Crippen LogP contribution is 2.35. The maximum atomic E-state index is 15.1. The van der Waals surface area contributed by atoms with E-state index in [2.05, 4.69) is 40.8 Å².